The number of anilines is 3. The molecule has 3 N–H and O–H groups in total. The topological polar surface area (TPSA) is 38.0 Å². The molecule has 1 aromatic heterocycles. The van der Waals surface area contributed by atoms with Crippen LogP contribution >= 0.6 is 46.8 Å². The summed E-state index contributed by atoms with van der Waals surface area (Å²) < 4.78 is 38.2. The lowest BCUT2D eigenvalue weighted by Crippen LogP contribution is -2.06. The van der Waals surface area contributed by atoms with Crippen molar-refractivity contribution in [1.82, 2.24) is 0 Å². The van der Waals surface area contributed by atoms with Crippen molar-refractivity contribution in [2.45, 2.75) is 6.18 Å². The normalized spacial score (nSPS) is 11.4. The summed E-state index contributed by atoms with van der Waals surface area (Å²) in [5.41, 5.74) is 6.45. The first-order chi connectivity index (χ1) is 12.7. The summed E-state index contributed by atoms with van der Waals surface area (Å²) in [6.07, 6.45) is -4.45. The molecule has 1 heterocycles. The van der Waals surface area contributed by atoms with Crippen molar-refractivity contribution in [3.8, 4) is 0 Å². The lowest BCUT2D eigenvalue weighted by molar-refractivity contribution is -0.137. The third kappa shape index (κ3) is 4.38. The van der Waals surface area contributed by atoms with Crippen LogP contribution in [0.15, 0.2) is 47.8 Å². The average molecular weight is 447 g/mol. The highest BCUT2D eigenvalue weighted by Gasteiger charge is 2.30. The summed E-state index contributed by atoms with van der Waals surface area (Å²) in [5, 5.41) is 5.74. The first kappa shape index (κ1) is 19.9. The number of nitrogen functional groups attached to an aromatic ring is 1. The van der Waals surface area contributed by atoms with Gasteiger partial charge in [-0.05, 0) is 47.8 Å². The molecule has 0 saturated heterocycles. The predicted octanol–water partition coefficient (Wildman–Crippen LogP) is 7.17. The van der Waals surface area contributed by atoms with E-state index in [2.05, 4.69) is 5.32 Å². The minimum absolute atomic E-state index is 0.0223. The molecule has 0 aliphatic carbocycles. The molecule has 0 aliphatic heterocycles. The van der Waals surface area contributed by atoms with Gasteiger partial charge >= 0.3 is 6.18 Å². The van der Waals surface area contributed by atoms with E-state index in [-0.39, 0.29) is 5.69 Å². The van der Waals surface area contributed by atoms with Crippen molar-refractivity contribution in [2.24, 2.45) is 0 Å². The Hall–Kier alpha value is -1.80. The minimum atomic E-state index is -4.45. The Bertz CT molecular complexity index is 1020. The lowest BCUT2D eigenvalue weighted by atomic mass is 10.1. The van der Waals surface area contributed by atoms with Gasteiger partial charge in [0.1, 0.15) is 0 Å². The molecule has 9 heteroatoms. The van der Waals surface area contributed by atoms with Crippen LogP contribution in [0.5, 0.6) is 0 Å². The van der Waals surface area contributed by atoms with Gasteiger partial charge in [0, 0.05) is 11.3 Å². The maximum absolute atomic E-state index is 12.7. The van der Waals surface area contributed by atoms with Gasteiger partial charge in [-0.25, -0.2) is 0 Å². The van der Waals surface area contributed by atoms with Gasteiger partial charge in [-0.15, -0.1) is 11.3 Å². The number of nitrogens with two attached hydrogens (primary N) is 1. The quantitative estimate of drug-likeness (QED) is 0.253. The summed E-state index contributed by atoms with van der Waals surface area (Å²) >= 11 is 19.3. The largest absolute Gasteiger partial charge is 0.416 e. The Morgan fingerprint density at radius 1 is 1.04 bits per heavy atom. The third-order valence-electron chi connectivity index (χ3n) is 3.70. The van der Waals surface area contributed by atoms with Crippen LogP contribution in [0.4, 0.5) is 30.2 Å². The van der Waals surface area contributed by atoms with Crippen molar-refractivity contribution in [3.05, 3.63) is 73.9 Å². The van der Waals surface area contributed by atoms with E-state index in [1.807, 2.05) is 5.38 Å². The first-order valence-electron chi connectivity index (χ1n) is 7.48. The van der Waals surface area contributed by atoms with Gasteiger partial charge < -0.3 is 11.1 Å². The second-order valence-corrected chi connectivity index (χ2v) is 7.68. The highest BCUT2D eigenvalue weighted by molar-refractivity contribution is 7.81. The van der Waals surface area contributed by atoms with Crippen molar-refractivity contribution < 1.29 is 13.2 Å². The van der Waals surface area contributed by atoms with Crippen LogP contribution in [0.1, 0.15) is 16.0 Å². The lowest BCUT2D eigenvalue weighted by Gasteiger charge is -2.14. The molecule has 140 valence electrons. The van der Waals surface area contributed by atoms with Crippen molar-refractivity contribution >= 4 is 68.7 Å². The van der Waals surface area contributed by atoms with Crippen LogP contribution in [0, 0.1) is 0 Å². The van der Waals surface area contributed by atoms with Gasteiger partial charge in [0.25, 0.3) is 0 Å². The van der Waals surface area contributed by atoms with E-state index in [1.165, 1.54) is 17.4 Å². The molecule has 27 heavy (non-hydrogen) atoms. The highest BCUT2D eigenvalue weighted by atomic mass is 35.5. The number of hydrogen-bond donors (Lipinski definition) is 2. The molecule has 0 unspecified atom stereocenters. The summed E-state index contributed by atoms with van der Waals surface area (Å²) in [5.74, 6) is 0. The smallest absolute Gasteiger partial charge is 0.397 e. The van der Waals surface area contributed by atoms with E-state index in [0.717, 1.165) is 17.0 Å². The number of hydrogen-bond acceptors (Lipinski definition) is 4. The Morgan fingerprint density at radius 2 is 1.78 bits per heavy atom. The van der Waals surface area contributed by atoms with Crippen LogP contribution < -0.4 is 11.1 Å². The number of halogens is 5. The highest BCUT2D eigenvalue weighted by Crippen LogP contribution is 2.35. The molecule has 3 rings (SSSR count). The second-order valence-electron chi connectivity index (χ2n) is 5.55. The van der Waals surface area contributed by atoms with Crippen LogP contribution in [-0.2, 0) is 6.18 Å². The van der Waals surface area contributed by atoms with Gasteiger partial charge in [-0.2, -0.15) is 13.2 Å². The average Bonchev–Trinajstić information content (AvgIpc) is 3.01. The summed E-state index contributed by atoms with van der Waals surface area (Å²) in [6.45, 7) is 0. The molecule has 0 fully saturated rings. The van der Waals surface area contributed by atoms with E-state index in [0.29, 0.717) is 31.8 Å². The zero-order valence-electron chi connectivity index (χ0n) is 13.4. The van der Waals surface area contributed by atoms with Gasteiger partial charge in [0.2, 0.25) is 0 Å². The number of alkyl halides is 3. The summed E-state index contributed by atoms with van der Waals surface area (Å²) in [6, 6.07) is 9.94. The van der Waals surface area contributed by atoms with Crippen LogP contribution in [-0.4, -0.2) is 4.86 Å². The maximum atomic E-state index is 12.7. The van der Waals surface area contributed by atoms with Gasteiger partial charge in [-0.3, -0.25) is 0 Å². The van der Waals surface area contributed by atoms with Crippen LogP contribution in [0.25, 0.3) is 0 Å². The number of rotatable bonds is 4. The number of thiophene rings is 1. The molecule has 0 radical (unpaired) electrons. The van der Waals surface area contributed by atoms with E-state index < -0.39 is 11.7 Å². The molecule has 0 spiro atoms. The van der Waals surface area contributed by atoms with E-state index in [4.69, 9.17) is 41.2 Å². The zero-order valence-corrected chi connectivity index (χ0v) is 16.5. The van der Waals surface area contributed by atoms with Crippen LogP contribution in [0.3, 0.4) is 0 Å². The van der Waals surface area contributed by atoms with Crippen molar-refractivity contribution in [3.63, 3.8) is 0 Å². The summed E-state index contributed by atoms with van der Waals surface area (Å²) in [7, 11) is 0. The molecule has 2 aromatic carbocycles. The molecular formula is C18H11Cl2F3N2S2. The first-order valence-corrected chi connectivity index (χ1v) is 9.52. The number of benzene rings is 2. The fourth-order valence-electron chi connectivity index (χ4n) is 2.36. The fourth-order valence-corrected chi connectivity index (χ4v) is 4.29. The molecule has 2 nitrogen and oxygen atoms in total. The van der Waals surface area contributed by atoms with Crippen LogP contribution in [0.2, 0.25) is 10.0 Å². The maximum Gasteiger partial charge on any atom is 0.416 e. The SMILES string of the molecule is Nc1cc(C(F)(F)F)ccc1Nc1ccc(C(=S)c2sccc2Cl)c(Cl)c1. The number of nitrogens with one attached hydrogen (secondary N) is 1. The minimum Gasteiger partial charge on any atom is -0.397 e. The Kier molecular flexibility index (Phi) is 5.67. The molecule has 0 amide bonds. The molecule has 0 atom stereocenters. The predicted molar refractivity (Wildman–Crippen MR) is 111 cm³/mol. The number of thiocarbonyl (C=S) groups is 1. The van der Waals surface area contributed by atoms with E-state index >= 15 is 0 Å². The Morgan fingerprint density at radius 3 is 2.33 bits per heavy atom. The third-order valence-corrected chi connectivity index (χ3v) is 5.92. The van der Waals surface area contributed by atoms with Gasteiger partial charge in [0.15, 0.2) is 0 Å². The van der Waals surface area contributed by atoms with Gasteiger partial charge in [0.05, 0.1) is 36.7 Å². The monoisotopic (exact) mass is 446 g/mol. The molecule has 0 aliphatic rings. The molecule has 3 aromatic rings. The van der Waals surface area contributed by atoms with E-state index in [9.17, 15) is 13.2 Å². The summed E-state index contributed by atoms with van der Waals surface area (Å²) in [4.78, 5) is 1.28. The second kappa shape index (κ2) is 7.67. The van der Waals surface area contributed by atoms with Gasteiger partial charge in [-0.1, -0.05) is 35.4 Å². The molecule has 0 saturated carbocycles. The van der Waals surface area contributed by atoms with Crippen molar-refractivity contribution in [2.75, 3.05) is 11.1 Å². The zero-order chi connectivity index (χ0) is 19.8. The Balaban J connectivity index is 1.85. The van der Waals surface area contributed by atoms with E-state index in [1.54, 1.807) is 24.3 Å². The fraction of sp³-hybridized carbons (Fsp3) is 0.0556. The molecule has 0 bridgehead atoms. The molecular weight excluding hydrogens is 436 g/mol. The Labute approximate surface area is 172 Å². The van der Waals surface area contributed by atoms with Crippen molar-refractivity contribution in [1.29, 1.82) is 0 Å². The standard InChI is InChI=1S/C18H11Cl2F3N2S2/c19-12-5-6-27-17(12)16(26)11-3-2-10(8-13(11)20)25-15-4-1-9(7-14(15)24)18(21,22)23/h1-8,25H,24H2.